The zero-order valence-electron chi connectivity index (χ0n) is 21.9. The molecule has 200 valence electrons. The molecule has 1 aliphatic heterocycles. The molecule has 0 aliphatic carbocycles. The summed E-state index contributed by atoms with van der Waals surface area (Å²) in [6.45, 7) is 9.05. The van der Waals surface area contributed by atoms with Crippen LogP contribution in [0.25, 0.3) is 10.9 Å². The van der Waals surface area contributed by atoms with E-state index in [9.17, 15) is 24.5 Å². The van der Waals surface area contributed by atoms with Crippen LogP contribution in [0.3, 0.4) is 0 Å². The lowest BCUT2D eigenvalue weighted by atomic mass is 9.90. The van der Waals surface area contributed by atoms with Crippen LogP contribution in [0.5, 0.6) is 0 Å². The van der Waals surface area contributed by atoms with Crippen molar-refractivity contribution in [1.29, 1.82) is 0 Å². The molecule has 0 bridgehead atoms. The standard InChI is InChI=1S/C25H33N5O7/c1-6-28-16-19(22(31)20(9-10-27(4)5)26-37-24(33)30(34)35)18-15-17(7-8-21(18)28)23(32)25(2,3)29-11-13-36-14-12-29/h7-8,15-16H,6,9-14H2,1-5H3/b26-20+. The molecule has 37 heavy (non-hydrogen) atoms. The Morgan fingerprint density at radius 3 is 2.49 bits per heavy atom. The number of benzene rings is 1. The van der Waals surface area contributed by atoms with E-state index in [2.05, 4.69) is 14.9 Å². The highest BCUT2D eigenvalue weighted by atomic mass is 16.8. The third kappa shape index (κ3) is 6.27. The highest BCUT2D eigenvalue weighted by Crippen LogP contribution is 2.28. The average molecular weight is 516 g/mol. The number of nitro groups is 1. The van der Waals surface area contributed by atoms with Crippen LogP contribution in [0.15, 0.2) is 29.6 Å². The summed E-state index contributed by atoms with van der Waals surface area (Å²) in [6, 6.07) is 5.26. The number of oxime groups is 1. The zero-order chi connectivity index (χ0) is 27.3. The summed E-state index contributed by atoms with van der Waals surface area (Å²) in [5.41, 5.74) is 0.568. The van der Waals surface area contributed by atoms with Gasteiger partial charge in [0.2, 0.25) is 5.78 Å². The maximum Gasteiger partial charge on any atom is 0.683 e. The number of aryl methyl sites for hydroxylation is 1. The number of amides is 1. The predicted molar refractivity (Wildman–Crippen MR) is 137 cm³/mol. The minimum absolute atomic E-state index is 0.0830. The Kier molecular flexibility index (Phi) is 8.89. The number of ether oxygens (including phenoxy) is 1. The van der Waals surface area contributed by atoms with E-state index in [1.807, 2.05) is 31.4 Å². The second-order valence-corrected chi connectivity index (χ2v) is 9.58. The van der Waals surface area contributed by atoms with Gasteiger partial charge < -0.3 is 14.2 Å². The molecule has 2 heterocycles. The van der Waals surface area contributed by atoms with Gasteiger partial charge in [0.05, 0.1) is 18.8 Å². The van der Waals surface area contributed by atoms with Crippen molar-refractivity contribution in [2.75, 3.05) is 46.9 Å². The number of aromatic nitrogens is 1. The van der Waals surface area contributed by atoms with E-state index < -0.39 is 22.3 Å². The number of Topliss-reactive ketones (excluding diaryl/α,β-unsaturated/α-hetero) is 2. The Balaban J connectivity index is 2.03. The fraction of sp³-hybridized carbons (Fsp3) is 0.520. The molecule has 1 aromatic heterocycles. The molecule has 1 saturated heterocycles. The van der Waals surface area contributed by atoms with Gasteiger partial charge in [0.15, 0.2) is 5.78 Å². The van der Waals surface area contributed by atoms with E-state index >= 15 is 0 Å². The summed E-state index contributed by atoms with van der Waals surface area (Å²) in [5, 5.41) is 14.8. The average Bonchev–Trinajstić information content (AvgIpc) is 3.26. The first-order valence-electron chi connectivity index (χ1n) is 12.1. The number of hydrogen-bond donors (Lipinski definition) is 0. The van der Waals surface area contributed by atoms with Gasteiger partial charge >= 0.3 is 6.09 Å². The number of nitrogens with zero attached hydrogens (tertiary/aromatic N) is 5. The third-order valence-electron chi connectivity index (χ3n) is 6.53. The molecule has 12 heteroatoms. The van der Waals surface area contributed by atoms with Crippen LogP contribution in [0.1, 0.15) is 47.9 Å². The molecule has 2 aromatic rings. The van der Waals surface area contributed by atoms with Gasteiger partial charge in [-0.25, -0.2) is 0 Å². The smallest absolute Gasteiger partial charge is 0.379 e. The number of fused-ring (bicyclic) bond motifs is 1. The van der Waals surface area contributed by atoms with E-state index in [-0.39, 0.29) is 23.5 Å². The van der Waals surface area contributed by atoms with Gasteiger partial charge in [0.1, 0.15) is 10.6 Å². The van der Waals surface area contributed by atoms with Crippen LogP contribution in [0.2, 0.25) is 0 Å². The maximum atomic E-state index is 13.6. The molecule has 1 aliphatic rings. The molecule has 0 saturated carbocycles. The number of carbonyl (C=O) groups is 3. The summed E-state index contributed by atoms with van der Waals surface area (Å²) in [5.74, 6) is -0.618. The van der Waals surface area contributed by atoms with Crippen LogP contribution in [0.4, 0.5) is 4.79 Å². The van der Waals surface area contributed by atoms with Crippen LogP contribution in [-0.2, 0) is 16.1 Å². The molecule has 1 fully saturated rings. The number of rotatable bonds is 10. The normalized spacial score (nSPS) is 15.2. The predicted octanol–water partition coefficient (Wildman–Crippen LogP) is 2.86. The summed E-state index contributed by atoms with van der Waals surface area (Å²) in [6.07, 6.45) is -0.0166. The van der Waals surface area contributed by atoms with Crippen LogP contribution >= 0.6 is 0 Å². The Hall–Kier alpha value is -3.48. The van der Waals surface area contributed by atoms with E-state index in [0.717, 1.165) is 5.52 Å². The van der Waals surface area contributed by atoms with Gasteiger partial charge in [0, 0.05) is 60.8 Å². The Morgan fingerprint density at radius 2 is 1.89 bits per heavy atom. The second-order valence-electron chi connectivity index (χ2n) is 9.58. The zero-order valence-corrected chi connectivity index (χ0v) is 21.9. The molecule has 1 aromatic carbocycles. The lowest BCUT2D eigenvalue weighted by Crippen LogP contribution is -2.54. The lowest BCUT2D eigenvalue weighted by Gasteiger charge is -2.39. The van der Waals surface area contributed by atoms with E-state index in [1.54, 1.807) is 37.3 Å². The first-order valence-corrected chi connectivity index (χ1v) is 12.1. The molecular formula is C25H33N5O7. The highest BCUT2D eigenvalue weighted by Gasteiger charge is 2.36. The number of morpholine rings is 1. The third-order valence-corrected chi connectivity index (χ3v) is 6.53. The van der Waals surface area contributed by atoms with Gasteiger partial charge in [-0.05, 0) is 53.1 Å². The molecule has 3 rings (SSSR count). The van der Waals surface area contributed by atoms with Gasteiger partial charge in [-0.1, -0.05) is 5.16 Å². The van der Waals surface area contributed by atoms with Crippen molar-refractivity contribution in [2.24, 2.45) is 5.16 Å². The van der Waals surface area contributed by atoms with Crippen molar-refractivity contribution in [1.82, 2.24) is 14.4 Å². The molecule has 1 amide bonds. The second kappa shape index (κ2) is 11.7. The van der Waals surface area contributed by atoms with Gasteiger partial charge in [0.25, 0.3) is 0 Å². The van der Waals surface area contributed by atoms with Crippen LogP contribution < -0.4 is 0 Å². The van der Waals surface area contributed by atoms with Gasteiger partial charge in [-0.15, -0.1) is 0 Å². The van der Waals surface area contributed by atoms with Crippen molar-refractivity contribution in [3.05, 3.63) is 45.6 Å². The molecule has 12 nitrogen and oxygen atoms in total. The number of ketones is 2. The molecule has 0 N–H and O–H groups in total. The fourth-order valence-electron chi connectivity index (χ4n) is 4.31. The quantitative estimate of drug-likeness (QED) is 0.154. The molecule has 0 spiro atoms. The fourth-order valence-corrected chi connectivity index (χ4v) is 4.31. The Morgan fingerprint density at radius 1 is 1.22 bits per heavy atom. The topological polar surface area (TPSA) is 137 Å². The maximum absolute atomic E-state index is 13.6. The van der Waals surface area contributed by atoms with Crippen molar-refractivity contribution >= 4 is 34.3 Å². The summed E-state index contributed by atoms with van der Waals surface area (Å²) < 4.78 is 7.30. The largest absolute Gasteiger partial charge is 0.683 e. The van der Waals surface area contributed by atoms with E-state index in [1.165, 1.54) is 0 Å². The summed E-state index contributed by atoms with van der Waals surface area (Å²) in [4.78, 5) is 56.2. The van der Waals surface area contributed by atoms with Crippen molar-refractivity contribution in [3.8, 4) is 0 Å². The molecule has 0 radical (unpaired) electrons. The van der Waals surface area contributed by atoms with Gasteiger partial charge in [-0.3, -0.25) is 29.4 Å². The van der Waals surface area contributed by atoms with E-state index in [0.29, 0.717) is 50.3 Å². The Labute approximate surface area is 214 Å². The van der Waals surface area contributed by atoms with Crippen molar-refractivity contribution in [3.63, 3.8) is 0 Å². The van der Waals surface area contributed by atoms with Crippen LogP contribution in [0, 0.1) is 10.1 Å². The highest BCUT2D eigenvalue weighted by molar-refractivity contribution is 6.48. The van der Waals surface area contributed by atoms with E-state index in [4.69, 9.17) is 4.74 Å². The first kappa shape index (κ1) is 28.1. The van der Waals surface area contributed by atoms with Gasteiger partial charge in [-0.2, -0.15) is 4.79 Å². The summed E-state index contributed by atoms with van der Waals surface area (Å²) in [7, 11) is 3.59. The number of hydrogen-bond acceptors (Lipinski definition) is 10. The Bertz CT molecular complexity index is 1230. The first-order chi connectivity index (χ1) is 17.5. The molecular weight excluding hydrogens is 482 g/mol. The SMILES string of the molecule is CCn1cc(C(=O)/C(CCN(C)C)=N/OC(=O)[N+](=O)[O-])c2cc(C(=O)C(C)(C)N3CCOCC3)ccc21. The lowest BCUT2D eigenvalue weighted by molar-refractivity contribution is -0.396. The van der Waals surface area contributed by atoms with Crippen molar-refractivity contribution in [2.45, 2.75) is 39.3 Å². The molecule has 0 atom stereocenters. The van der Waals surface area contributed by atoms with Crippen LogP contribution in [-0.4, -0.2) is 95.1 Å². The molecule has 0 unspecified atom stereocenters. The van der Waals surface area contributed by atoms with Crippen molar-refractivity contribution < 1.29 is 28.9 Å². The monoisotopic (exact) mass is 515 g/mol. The minimum atomic E-state index is -1.77. The minimum Gasteiger partial charge on any atom is -0.379 e. The summed E-state index contributed by atoms with van der Waals surface area (Å²) >= 11 is 0. The number of carbonyl (C=O) groups excluding carboxylic acids is 3.